The standard InChI is InChI=1S/C21H12F3N3O3/c22-21(23,24)17-3-1-2-16(10-17)20(28)30-27-13-15-6-9-19(26-12-15)29-18-7-4-14(11-25)5-8-18/h1-10,12-13H. The molecule has 0 aliphatic carbocycles. The van der Waals surface area contributed by atoms with Crippen LogP contribution in [0.15, 0.2) is 72.0 Å². The molecule has 150 valence electrons. The summed E-state index contributed by atoms with van der Waals surface area (Å²) in [5, 5.41) is 12.2. The van der Waals surface area contributed by atoms with Crippen molar-refractivity contribution in [2.24, 2.45) is 5.16 Å². The summed E-state index contributed by atoms with van der Waals surface area (Å²) in [5.41, 5.74) is -0.255. The highest BCUT2D eigenvalue weighted by molar-refractivity contribution is 5.90. The average Bonchev–Trinajstić information content (AvgIpc) is 2.75. The molecule has 0 radical (unpaired) electrons. The number of hydrogen-bond acceptors (Lipinski definition) is 6. The number of oxime groups is 1. The Hall–Kier alpha value is -4.19. The lowest BCUT2D eigenvalue weighted by atomic mass is 10.1. The Morgan fingerprint density at radius 3 is 2.50 bits per heavy atom. The van der Waals surface area contributed by atoms with Gasteiger partial charge in [0, 0.05) is 17.8 Å². The predicted molar refractivity (Wildman–Crippen MR) is 99.9 cm³/mol. The molecule has 9 heteroatoms. The predicted octanol–water partition coefficient (Wildman–Crippen LogP) is 4.96. The molecule has 2 aromatic carbocycles. The molecule has 0 bridgehead atoms. The van der Waals surface area contributed by atoms with E-state index in [2.05, 4.69) is 15.0 Å². The number of nitrogens with zero attached hydrogens (tertiary/aromatic N) is 3. The minimum Gasteiger partial charge on any atom is -0.439 e. The van der Waals surface area contributed by atoms with Crippen molar-refractivity contribution in [3.8, 4) is 17.7 Å². The van der Waals surface area contributed by atoms with E-state index in [9.17, 15) is 18.0 Å². The third kappa shape index (κ3) is 5.42. The number of halogens is 3. The molecule has 6 nitrogen and oxygen atoms in total. The molecule has 0 aliphatic rings. The third-order valence-electron chi connectivity index (χ3n) is 3.73. The van der Waals surface area contributed by atoms with Crippen LogP contribution in [-0.2, 0) is 11.0 Å². The van der Waals surface area contributed by atoms with Gasteiger partial charge in [0.1, 0.15) is 5.75 Å². The number of carbonyl (C=O) groups excluding carboxylic acids is 1. The molecule has 0 spiro atoms. The lowest BCUT2D eigenvalue weighted by Gasteiger charge is -2.07. The molecular weight excluding hydrogens is 399 g/mol. The van der Waals surface area contributed by atoms with Gasteiger partial charge in [0.25, 0.3) is 0 Å². The molecule has 0 atom stereocenters. The number of benzene rings is 2. The summed E-state index contributed by atoms with van der Waals surface area (Å²) >= 11 is 0. The van der Waals surface area contributed by atoms with Gasteiger partial charge in [-0.25, -0.2) is 9.78 Å². The summed E-state index contributed by atoms with van der Waals surface area (Å²) in [7, 11) is 0. The van der Waals surface area contributed by atoms with Crippen molar-refractivity contribution in [2.75, 3.05) is 0 Å². The Balaban J connectivity index is 1.58. The Bertz CT molecular complexity index is 1100. The van der Waals surface area contributed by atoms with Crippen LogP contribution in [0.1, 0.15) is 27.0 Å². The van der Waals surface area contributed by atoms with Crippen molar-refractivity contribution < 1.29 is 27.5 Å². The first-order valence-corrected chi connectivity index (χ1v) is 8.41. The fourth-order valence-corrected chi connectivity index (χ4v) is 2.26. The maximum Gasteiger partial charge on any atom is 0.416 e. The largest absolute Gasteiger partial charge is 0.439 e. The zero-order valence-electron chi connectivity index (χ0n) is 15.1. The average molecular weight is 411 g/mol. The maximum absolute atomic E-state index is 12.7. The number of alkyl halides is 3. The zero-order valence-corrected chi connectivity index (χ0v) is 15.1. The lowest BCUT2D eigenvalue weighted by molar-refractivity contribution is -0.137. The first-order chi connectivity index (χ1) is 14.3. The monoisotopic (exact) mass is 411 g/mol. The lowest BCUT2D eigenvalue weighted by Crippen LogP contribution is -2.08. The molecule has 1 heterocycles. The van der Waals surface area contributed by atoms with E-state index < -0.39 is 17.7 Å². The minimum atomic E-state index is -4.56. The Labute approximate surface area is 168 Å². The number of ether oxygens (including phenoxy) is 1. The second-order valence-corrected chi connectivity index (χ2v) is 5.86. The van der Waals surface area contributed by atoms with Gasteiger partial charge < -0.3 is 9.57 Å². The van der Waals surface area contributed by atoms with Crippen LogP contribution in [0.4, 0.5) is 13.2 Å². The number of nitriles is 1. The molecule has 0 amide bonds. The van der Waals surface area contributed by atoms with Crippen molar-refractivity contribution in [2.45, 2.75) is 6.18 Å². The summed E-state index contributed by atoms with van der Waals surface area (Å²) in [6.45, 7) is 0. The van der Waals surface area contributed by atoms with Crippen molar-refractivity contribution in [3.05, 3.63) is 89.1 Å². The molecule has 1 aromatic heterocycles. The molecule has 0 unspecified atom stereocenters. The second kappa shape index (κ2) is 8.87. The summed E-state index contributed by atoms with van der Waals surface area (Å²) in [6, 6.07) is 15.5. The van der Waals surface area contributed by atoms with E-state index in [4.69, 9.17) is 10.00 Å². The van der Waals surface area contributed by atoms with Gasteiger partial charge in [0.2, 0.25) is 5.88 Å². The van der Waals surface area contributed by atoms with Crippen LogP contribution in [0.2, 0.25) is 0 Å². The van der Waals surface area contributed by atoms with Gasteiger partial charge in [0.05, 0.1) is 29.0 Å². The van der Waals surface area contributed by atoms with Crippen molar-refractivity contribution in [1.29, 1.82) is 5.26 Å². The minimum absolute atomic E-state index is 0.272. The van der Waals surface area contributed by atoms with Crippen LogP contribution < -0.4 is 4.74 Å². The smallest absolute Gasteiger partial charge is 0.416 e. The van der Waals surface area contributed by atoms with Crippen molar-refractivity contribution >= 4 is 12.2 Å². The summed E-state index contributed by atoms with van der Waals surface area (Å²) < 4.78 is 43.6. The molecule has 0 N–H and O–H groups in total. The van der Waals surface area contributed by atoms with Gasteiger partial charge in [-0.3, -0.25) is 0 Å². The topological polar surface area (TPSA) is 84.6 Å². The molecule has 3 aromatic rings. The Morgan fingerprint density at radius 1 is 1.10 bits per heavy atom. The molecule has 0 saturated heterocycles. The number of pyridine rings is 1. The van der Waals surface area contributed by atoms with Gasteiger partial charge in [-0.1, -0.05) is 11.2 Å². The number of hydrogen-bond donors (Lipinski definition) is 0. The molecule has 3 rings (SSSR count). The summed E-state index contributed by atoms with van der Waals surface area (Å²) in [6.07, 6.45) is -1.97. The first kappa shape index (κ1) is 20.5. The van der Waals surface area contributed by atoms with E-state index in [-0.39, 0.29) is 11.4 Å². The third-order valence-corrected chi connectivity index (χ3v) is 3.73. The molecule has 0 saturated carbocycles. The molecule has 30 heavy (non-hydrogen) atoms. The van der Waals surface area contributed by atoms with Crippen LogP contribution in [-0.4, -0.2) is 17.2 Å². The quantitative estimate of drug-likeness (QED) is 0.337. The van der Waals surface area contributed by atoms with Gasteiger partial charge in [-0.05, 0) is 48.5 Å². The molecule has 0 aliphatic heterocycles. The number of rotatable bonds is 5. The highest BCUT2D eigenvalue weighted by atomic mass is 19.4. The van der Waals surface area contributed by atoms with E-state index in [0.29, 0.717) is 22.9 Å². The van der Waals surface area contributed by atoms with Crippen LogP contribution in [0, 0.1) is 11.3 Å². The molecular formula is C21H12F3N3O3. The highest BCUT2D eigenvalue weighted by Gasteiger charge is 2.31. The van der Waals surface area contributed by atoms with Crippen LogP contribution in [0.25, 0.3) is 0 Å². The first-order valence-electron chi connectivity index (χ1n) is 8.41. The van der Waals surface area contributed by atoms with E-state index in [1.807, 2.05) is 6.07 Å². The van der Waals surface area contributed by atoms with Crippen LogP contribution >= 0.6 is 0 Å². The Morgan fingerprint density at radius 2 is 1.87 bits per heavy atom. The van der Waals surface area contributed by atoms with Crippen LogP contribution in [0.5, 0.6) is 11.6 Å². The highest BCUT2D eigenvalue weighted by Crippen LogP contribution is 2.29. The number of carbonyl (C=O) groups is 1. The van der Waals surface area contributed by atoms with Crippen LogP contribution in [0.3, 0.4) is 0 Å². The fourth-order valence-electron chi connectivity index (χ4n) is 2.26. The van der Waals surface area contributed by atoms with Crippen molar-refractivity contribution in [1.82, 2.24) is 4.98 Å². The van der Waals surface area contributed by atoms with Crippen molar-refractivity contribution in [3.63, 3.8) is 0 Å². The van der Waals surface area contributed by atoms with Gasteiger partial charge >= 0.3 is 12.1 Å². The normalized spacial score (nSPS) is 11.1. The van der Waals surface area contributed by atoms with E-state index in [1.165, 1.54) is 18.5 Å². The zero-order chi connectivity index (χ0) is 21.6. The molecule has 0 fully saturated rings. The van der Waals surface area contributed by atoms with Gasteiger partial charge in [0.15, 0.2) is 0 Å². The van der Waals surface area contributed by atoms with Gasteiger partial charge in [-0.2, -0.15) is 18.4 Å². The van der Waals surface area contributed by atoms with Gasteiger partial charge in [-0.15, -0.1) is 0 Å². The number of aromatic nitrogens is 1. The second-order valence-electron chi connectivity index (χ2n) is 5.86. The maximum atomic E-state index is 12.7. The van der Waals surface area contributed by atoms with E-state index in [0.717, 1.165) is 12.1 Å². The Kier molecular flexibility index (Phi) is 6.08. The van der Waals surface area contributed by atoms with E-state index >= 15 is 0 Å². The fraction of sp³-hybridized carbons (Fsp3) is 0.0476. The van der Waals surface area contributed by atoms with E-state index in [1.54, 1.807) is 36.4 Å². The summed E-state index contributed by atoms with van der Waals surface area (Å²) in [4.78, 5) is 20.6. The SMILES string of the molecule is N#Cc1ccc(Oc2ccc(C=NOC(=O)c3cccc(C(F)(F)F)c3)cn2)cc1. The summed E-state index contributed by atoms with van der Waals surface area (Å²) in [5.74, 6) is -0.234.